The summed E-state index contributed by atoms with van der Waals surface area (Å²) < 4.78 is 0. The van der Waals surface area contributed by atoms with Crippen molar-refractivity contribution in [3.05, 3.63) is 137 Å². The molecule has 3 aromatic carbocycles. The Hall–Kier alpha value is -3.89. The van der Waals surface area contributed by atoms with Gasteiger partial charge in [-0.2, -0.15) is 0 Å². The molecule has 230 valence electrons. The van der Waals surface area contributed by atoms with Gasteiger partial charge in [-0.3, -0.25) is 4.79 Å². The average Bonchev–Trinajstić information content (AvgIpc) is 3.69. The van der Waals surface area contributed by atoms with Crippen LogP contribution in [0.3, 0.4) is 0 Å². The number of carbonyl (C=O) groups excluding carboxylic acids is 1. The fraction of sp³-hybridized carbons (Fsp3) is 0.386. The Morgan fingerprint density at radius 1 is 0.911 bits per heavy atom. The molecule has 0 aliphatic heterocycles. The number of benzene rings is 3. The molecule has 0 N–H and O–H groups in total. The van der Waals surface area contributed by atoms with Crippen molar-refractivity contribution in [2.45, 2.75) is 83.5 Å². The first-order valence-corrected chi connectivity index (χ1v) is 17.3. The Morgan fingerprint density at radius 3 is 2.36 bits per heavy atom. The third kappa shape index (κ3) is 7.86. The Labute approximate surface area is 271 Å². The molecule has 3 atom stereocenters. The van der Waals surface area contributed by atoms with E-state index in [1.807, 2.05) is 6.07 Å². The van der Waals surface area contributed by atoms with E-state index >= 15 is 0 Å². The lowest BCUT2D eigenvalue weighted by Crippen LogP contribution is -2.27. The summed E-state index contributed by atoms with van der Waals surface area (Å²) in [5, 5.41) is 0. The van der Waals surface area contributed by atoms with Gasteiger partial charge < -0.3 is 0 Å². The summed E-state index contributed by atoms with van der Waals surface area (Å²) in [6.45, 7) is 6.43. The number of hydrogen-bond donors (Lipinski definition) is 0. The third-order valence-electron chi connectivity index (χ3n) is 10.7. The van der Waals surface area contributed by atoms with Gasteiger partial charge in [0.15, 0.2) is 0 Å². The van der Waals surface area contributed by atoms with Gasteiger partial charge in [-0.25, -0.2) is 0 Å². The van der Waals surface area contributed by atoms with E-state index in [1.54, 1.807) is 0 Å². The van der Waals surface area contributed by atoms with Crippen molar-refractivity contribution in [1.29, 1.82) is 0 Å². The largest absolute Gasteiger partial charge is 0.299 e. The zero-order chi connectivity index (χ0) is 31.2. The van der Waals surface area contributed by atoms with Crippen molar-refractivity contribution in [3.8, 4) is 12.3 Å². The van der Waals surface area contributed by atoms with Gasteiger partial charge in [0.2, 0.25) is 0 Å². The summed E-state index contributed by atoms with van der Waals surface area (Å²) in [5.74, 6) is 5.52. The molecule has 2 fully saturated rings. The summed E-state index contributed by atoms with van der Waals surface area (Å²) in [6, 6.07) is 26.2. The third-order valence-corrected chi connectivity index (χ3v) is 10.7. The highest BCUT2D eigenvalue weighted by atomic mass is 16.1. The summed E-state index contributed by atoms with van der Waals surface area (Å²) in [7, 11) is 0. The molecule has 3 aliphatic rings. The average molecular weight is 593 g/mol. The van der Waals surface area contributed by atoms with Crippen LogP contribution in [0.1, 0.15) is 97.6 Å². The van der Waals surface area contributed by atoms with E-state index in [0.717, 1.165) is 50.5 Å². The predicted octanol–water partition coefficient (Wildman–Crippen LogP) is 10.5. The molecule has 2 saturated carbocycles. The number of hydrogen-bond acceptors (Lipinski definition) is 1. The highest BCUT2D eigenvalue weighted by Crippen LogP contribution is 2.41. The molecule has 1 heteroatoms. The number of ketones is 1. The SMILES string of the molecule is C#Cc1ccc(CC2CCC(C(C(=O)CCc3ccccc3)c3ccc(C4=CC(C)C=C4)cc3)CC2)cc1CC1CCC(=C)C1. The van der Waals surface area contributed by atoms with Crippen molar-refractivity contribution >= 4 is 11.4 Å². The topological polar surface area (TPSA) is 17.1 Å². The molecule has 3 aromatic rings. The highest BCUT2D eigenvalue weighted by molar-refractivity contribution is 5.86. The number of aryl methyl sites for hydroxylation is 1. The van der Waals surface area contributed by atoms with Crippen LogP contribution >= 0.6 is 0 Å². The highest BCUT2D eigenvalue weighted by Gasteiger charge is 2.33. The first kappa shape index (κ1) is 31.1. The van der Waals surface area contributed by atoms with Crippen LogP contribution < -0.4 is 0 Å². The molecule has 0 saturated heterocycles. The van der Waals surface area contributed by atoms with Gasteiger partial charge >= 0.3 is 0 Å². The molecular formula is C44H48O. The lowest BCUT2D eigenvalue weighted by atomic mass is 9.70. The number of Topliss-reactive ketones (excluding diaryl/α,β-unsaturated/α-hetero) is 1. The van der Waals surface area contributed by atoms with Gasteiger partial charge in [-0.05, 0) is 127 Å². The fourth-order valence-electron chi connectivity index (χ4n) is 8.16. The van der Waals surface area contributed by atoms with Crippen molar-refractivity contribution < 1.29 is 4.79 Å². The number of rotatable bonds is 11. The second-order valence-corrected chi connectivity index (χ2v) is 14.1. The maximum absolute atomic E-state index is 14.0. The Bertz CT molecular complexity index is 1590. The minimum atomic E-state index is -0.0292. The van der Waals surface area contributed by atoms with Crippen LogP contribution in [-0.2, 0) is 24.1 Å². The van der Waals surface area contributed by atoms with Crippen LogP contribution in [0, 0.1) is 36.0 Å². The number of terminal acetylenes is 1. The summed E-state index contributed by atoms with van der Waals surface area (Å²) >= 11 is 0. The summed E-state index contributed by atoms with van der Waals surface area (Å²) in [6.07, 6.45) is 24.4. The van der Waals surface area contributed by atoms with Gasteiger partial charge in [0.1, 0.15) is 5.78 Å². The van der Waals surface area contributed by atoms with E-state index < -0.39 is 0 Å². The zero-order valence-electron chi connectivity index (χ0n) is 27.0. The summed E-state index contributed by atoms with van der Waals surface area (Å²) in [5.41, 5.74) is 10.2. The van der Waals surface area contributed by atoms with Crippen molar-refractivity contribution in [2.24, 2.45) is 23.7 Å². The Morgan fingerprint density at radius 2 is 1.69 bits per heavy atom. The van der Waals surface area contributed by atoms with Crippen LogP contribution in [-0.4, -0.2) is 5.78 Å². The molecule has 45 heavy (non-hydrogen) atoms. The zero-order valence-corrected chi connectivity index (χ0v) is 27.0. The Balaban J connectivity index is 1.13. The molecule has 1 nitrogen and oxygen atoms in total. The molecule has 3 aliphatic carbocycles. The van der Waals surface area contributed by atoms with Crippen LogP contribution in [0.25, 0.3) is 5.57 Å². The van der Waals surface area contributed by atoms with Crippen LogP contribution in [0.15, 0.2) is 103 Å². The smallest absolute Gasteiger partial charge is 0.140 e. The fourth-order valence-corrected chi connectivity index (χ4v) is 8.16. The normalized spacial score (nSPS) is 23.5. The van der Waals surface area contributed by atoms with Gasteiger partial charge in [0.05, 0.1) is 0 Å². The Kier molecular flexibility index (Phi) is 10.0. The van der Waals surface area contributed by atoms with E-state index in [1.165, 1.54) is 58.2 Å². The van der Waals surface area contributed by atoms with E-state index in [2.05, 4.69) is 104 Å². The maximum atomic E-state index is 14.0. The molecule has 0 aromatic heterocycles. The molecule has 6 rings (SSSR count). The predicted molar refractivity (Wildman–Crippen MR) is 189 cm³/mol. The van der Waals surface area contributed by atoms with Gasteiger partial charge in [-0.15, -0.1) is 6.42 Å². The standard InChI is InChI=1S/C44H48O/c1-4-37-18-15-36(30-42(37)29-35-12-10-31(2)26-35)28-34-13-19-39(20-14-34)44(43(45)25-16-33-8-6-5-7-9-33)40-23-21-38(22-24-40)41-17-11-32(3)27-41/h1,5-9,11,15,17-18,21-24,27,30,32,34-35,39,44H,2,10,12-14,16,19-20,25-26,28-29H2,3H3. The monoisotopic (exact) mass is 592 g/mol. The van der Waals surface area contributed by atoms with Crippen LogP contribution in [0.2, 0.25) is 0 Å². The van der Waals surface area contributed by atoms with Crippen molar-refractivity contribution in [1.82, 2.24) is 0 Å². The number of carbonyl (C=O) groups is 1. The second kappa shape index (κ2) is 14.5. The lowest BCUT2D eigenvalue weighted by Gasteiger charge is -2.34. The lowest BCUT2D eigenvalue weighted by molar-refractivity contribution is -0.122. The minimum Gasteiger partial charge on any atom is -0.299 e. The minimum absolute atomic E-state index is 0.0292. The van der Waals surface area contributed by atoms with E-state index in [4.69, 9.17) is 6.42 Å². The first-order chi connectivity index (χ1) is 21.9. The summed E-state index contributed by atoms with van der Waals surface area (Å²) in [4.78, 5) is 14.0. The van der Waals surface area contributed by atoms with E-state index in [9.17, 15) is 4.79 Å². The van der Waals surface area contributed by atoms with Gasteiger partial charge in [0.25, 0.3) is 0 Å². The van der Waals surface area contributed by atoms with Gasteiger partial charge in [0, 0.05) is 17.9 Å². The van der Waals surface area contributed by atoms with Gasteiger partial charge in [-0.1, -0.05) is 110 Å². The molecule has 0 heterocycles. The van der Waals surface area contributed by atoms with E-state index in [0.29, 0.717) is 35.9 Å². The van der Waals surface area contributed by atoms with Crippen molar-refractivity contribution in [3.63, 3.8) is 0 Å². The van der Waals surface area contributed by atoms with E-state index in [-0.39, 0.29) is 5.92 Å². The quantitative estimate of drug-likeness (QED) is 0.160. The molecule has 0 radical (unpaired) electrons. The van der Waals surface area contributed by atoms with Crippen LogP contribution in [0.5, 0.6) is 0 Å². The molecule has 0 bridgehead atoms. The second-order valence-electron chi connectivity index (χ2n) is 14.1. The van der Waals surface area contributed by atoms with Crippen molar-refractivity contribution in [2.75, 3.05) is 0 Å². The molecule has 0 amide bonds. The number of allylic oxidation sites excluding steroid dienone is 5. The maximum Gasteiger partial charge on any atom is 0.140 e. The molecule has 3 unspecified atom stereocenters. The molecule has 0 spiro atoms. The first-order valence-electron chi connectivity index (χ1n) is 17.3. The molecular weight excluding hydrogens is 544 g/mol. The van der Waals surface area contributed by atoms with Crippen LogP contribution in [0.4, 0.5) is 0 Å².